The molecular formula is C8H13N3O2. The third-order valence-corrected chi connectivity index (χ3v) is 2.16. The van der Waals surface area contributed by atoms with Crippen LogP contribution in [-0.4, -0.2) is 34.8 Å². The second kappa shape index (κ2) is 3.76. The topological polar surface area (TPSA) is 59.3 Å². The minimum absolute atomic E-state index is 0.0626. The normalized spacial score (nSPS) is 22.1. The quantitative estimate of drug-likeness (QED) is 0.657. The zero-order valence-corrected chi connectivity index (χ0v) is 7.31. The molecule has 2 N–H and O–H groups in total. The maximum Gasteiger partial charge on any atom is 0.113 e. The molecule has 5 nitrogen and oxygen atoms in total. The number of hydrogen-bond acceptors (Lipinski definition) is 4. The van der Waals surface area contributed by atoms with Crippen molar-refractivity contribution in [1.82, 2.24) is 9.78 Å². The second-order valence-corrected chi connectivity index (χ2v) is 3.06. The van der Waals surface area contributed by atoms with E-state index in [0.717, 1.165) is 25.3 Å². The zero-order valence-electron chi connectivity index (χ0n) is 7.31. The lowest BCUT2D eigenvalue weighted by atomic mass is 10.3. The van der Waals surface area contributed by atoms with Gasteiger partial charge in [0.05, 0.1) is 24.5 Å². The van der Waals surface area contributed by atoms with Crippen molar-refractivity contribution >= 4 is 5.69 Å². The minimum Gasteiger partial charge on any atom is -0.379 e. The summed E-state index contributed by atoms with van der Waals surface area (Å²) < 4.78 is 7.13. The van der Waals surface area contributed by atoms with Gasteiger partial charge in [-0.15, -0.1) is 0 Å². The Bertz CT molecular complexity index is 268. The van der Waals surface area contributed by atoms with Crippen LogP contribution < -0.4 is 5.32 Å². The Morgan fingerprint density at radius 2 is 2.69 bits per heavy atom. The standard InChI is InChI=1S/C8H13N3O2/c12-6-9-7-3-10-11(4-7)8-1-2-13-5-8/h3-4,8-9,12H,1-2,5-6H2. The molecule has 13 heavy (non-hydrogen) atoms. The smallest absolute Gasteiger partial charge is 0.113 e. The second-order valence-electron chi connectivity index (χ2n) is 3.06. The molecule has 5 heteroatoms. The molecule has 0 saturated carbocycles. The number of nitrogens with zero attached hydrogens (tertiary/aromatic N) is 2. The van der Waals surface area contributed by atoms with Gasteiger partial charge in [-0.3, -0.25) is 4.68 Å². The highest BCUT2D eigenvalue weighted by Crippen LogP contribution is 2.19. The van der Waals surface area contributed by atoms with Crippen LogP contribution in [-0.2, 0) is 4.74 Å². The van der Waals surface area contributed by atoms with E-state index in [0.29, 0.717) is 6.04 Å². The van der Waals surface area contributed by atoms with Crippen molar-refractivity contribution in [1.29, 1.82) is 0 Å². The van der Waals surface area contributed by atoms with Crippen molar-refractivity contribution in [2.24, 2.45) is 0 Å². The first-order valence-corrected chi connectivity index (χ1v) is 4.37. The van der Waals surface area contributed by atoms with Crippen LogP contribution in [0.4, 0.5) is 5.69 Å². The molecule has 72 valence electrons. The van der Waals surface area contributed by atoms with Gasteiger partial charge in [-0.1, -0.05) is 0 Å². The van der Waals surface area contributed by atoms with E-state index in [4.69, 9.17) is 9.84 Å². The number of nitrogens with one attached hydrogen (secondary N) is 1. The van der Waals surface area contributed by atoms with Crippen LogP contribution in [0.3, 0.4) is 0 Å². The number of rotatable bonds is 3. The van der Waals surface area contributed by atoms with Crippen LogP contribution >= 0.6 is 0 Å². The molecular weight excluding hydrogens is 170 g/mol. The summed E-state index contributed by atoms with van der Waals surface area (Å²) in [6, 6.07) is 0.356. The summed E-state index contributed by atoms with van der Waals surface area (Å²) in [6.45, 7) is 1.49. The third kappa shape index (κ3) is 1.81. The molecule has 1 aromatic heterocycles. The van der Waals surface area contributed by atoms with Crippen molar-refractivity contribution in [3.05, 3.63) is 12.4 Å². The predicted octanol–water partition coefficient (Wildman–Crippen LogP) is 0.206. The van der Waals surface area contributed by atoms with Gasteiger partial charge >= 0.3 is 0 Å². The van der Waals surface area contributed by atoms with E-state index < -0.39 is 0 Å². The maximum atomic E-state index is 8.62. The number of ether oxygens (including phenoxy) is 1. The van der Waals surface area contributed by atoms with E-state index in [9.17, 15) is 0 Å². The number of anilines is 1. The lowest BCUT2D eigenvalue weighted by Gasteiger charge is -2.06. The van der Waals surface area contributed by atoms with E-state index in [1.54, 1.807) is 6.20 Å². The van der Waals surface area contributed by atoms with Gasteiger partial charge in [0.25, 0.3) is 0 Å². The van der Waals surface area contributed by atoms with Gasteiger partial charge in [-0.25, -0.2) is 0 Å². The summed E-state index contributed by atoms with van der Waals surface area (Å²) in [5.74, 6) is 0. The molecule has 0 aliphatic carbocycles. The van der Waals surface area contributed by atoms with Crippen LogP contribution in [0, 0.1) is 0 Å². The van der Waals surface area contributed by atoms with Gasteiger partial charge in [0.15, 0.2) is 0 Å². The fourth-order valence-corrected chi connectivity index (χ4v) is 1.45. The predicted molar refractivity (Wildman–Crippen MR) is 47.4 cm³/mol. The van der Waals surface area contributed by atoms with Crippen molar-refractivity contribution < 1.29 is 9.84 Å². The fraction of sp³-hybridized carbons (Fsp3) is 0.625. The highest BCUT2D eigenvalue weighted by molar-refractivity contribution is 5.37. The molecule has 1 saturated heterocycles. The largest absolute Gasteiger partial charge is 0.379 e. The Morgan fingerprint density at radius 3 is 3.38 bits per heavy atom. The van der Waals surface area contributed by atoms with Gasteiger partial charge in [0.2, 0.25) is 0 Å². The van der Waals surface area contributed by atoms with Crippen LogP contribution in [0.5, 0.6) is 0 Å². The molecule has 1 fully saturated rings. The summed E-state index contributed by atoms with van der Waals surface area (Å²) in [7, 11) is 0. The van der Waals surface area contributed by atoms with Crippen molar-refractivity contribution in [3.63, 3.8) is 0 Å². The molecule has 0 amide bonds. The molecule has 1 unspecified atom stereocenters. The van der Waals surface area contributed by atoms with E-state index in [1.807, 2.05) is 10.9 Å². The van der Waals surface area contributed by atoms with Crippen LogP contribution in [0.15, 0.2) is 12.4 Å². The molecule has 1 aliphatic rings. The molecule has 0 bridgehead atoms. The molecule has 2 heterocycles. The van der Waals surface area contributed by atoms with Gasteiger partial charge in [0, 0.05) is 12.8 Å². The number of hydrogen-bond donors (Lipinski definition) is 2. The van der Waals surface area contributed by atoms with Crippen LogP contribution in [0.25, 0.3) is 0 Å². The molecule has 0 aromatic carbocycles. The highest BCUT2D eigenvalue weighted by atomic mass is 16.5. The lowest BCUT2D eigenvalue weighted by molar-refractivity contribution is 0.184. The number of aliphatic hydroxyl groups excluding tert-OH is 1. The number of aromatic nitrogens is 2. The molecule has 0 spiro atoms. The number of aliphatic hydroxyl groups is 1. The first-order chi connectivity index (χ1) is 6.40. The third-order valence-electron chi connectivity index (χ3n) is 2.16. The van der Waals surface area contributed by atoms with Crippen molar-refractivity contribution in [2.75, 3.05) is 25.3 Å². The summed E-state index contributed by atoms with van der Waals surface area (Å²) in [5, 5.41) is 15.6. The Labute approximate surface area is 76.3 Å². The summed E-state index contributed by atoms with van der Waals surface area (Å²) in [5.41, 5.74) is 0.842. The molecule has 0 radical (unpaired) electrons. The Hall–Kier alpha value is -1.07. The van der Waals surface area contributed by atoms with Crippen molar-refractivity contribution in [3.8, 4) is 0 Å². The highest BCUT2D eigenvalue weighted by Gasteiger charge is 2.17. The van der Waals surface area contributed by atoms with Crippen LogP contribution in [0.2, 0.25) is 0 Å². The molecule has 1 aromatic rings. The SMILES string of the molecule is OCNc1cnn(C2CCOC2)c1. The van der Waals surface area contributed by atoms with E-state index in [2.05, 4.69) is 10.4 Å². The fourth-order valence-electron chi connectivity index (χ4n) is 1.45. The molecule has 1 aliphatic heterocycles. The van der Waals surface area contributed by atoms with Gasteiger partial charge < -0.3 is 15.2 Å². The molecule has 1 atom stereocenters. The summed E-state index contributed by atoms with van der Waals surface area (Å²) in [6.07, 6.45) is 4.60. The van der Waals surface area contributed by atoms with Gasteiger partial charge in [-0.05, 0) is 6.42 Å². The summed E-state index contributed by atoms with van der Waals surface area (Å²) in [4.78, 5) is 0. The van der Waals surface area contributed by atoms with Crippen molar-refractivity contribution in [2.45, 2.75) is 12.5 Å². The monoisotopic (exact) mass is 183 g/mol. The van der Waals surface area contributed by atoms with Gasteiger partial charge in [-0.2, -0.15) is 5.10 Å². The average molecular weight is 183 g/mol. The first kappa shape index (κ1) is 8.52. The minimum atomic E-state index is -0.0626. The van der Waals surface area contributed by atoms with Gasteiger partial charge in [0.1, 0.15) is 6.73 Å². The molecule has 2 rings (SSSR count). The van der Waals surface area contributed by atoms with E-state index in [1.165, 1.54) is 0 Å². The maximum absolute atomic E-state index is 8.62. The average Bonchev–Trinajstić information content (AvgIpc) is 2.70. The Morgan fingerprint density at radius 1 is 1.77 bits per heavy atom. The Balaban J connectivity index is 2.03. The van der Waals surface area contributed by atoms with E-state index in [-0.39, 0.29) is 6.73 Å². The summed E-state index contributed by atoms with van der Waals surface area (Å²) >= 11 is 0. The Kier molecular flexibility index (Phi) is 2.47. The van der Waals surface area contributed by atoms with E-state index >= 15 is 0 Å². The lowest BCUT2D eigenvalue weighted by Crippen LogP contribution is -2.08. The van der Waals surface area contributed by atoms with Crippen LogP contribution in [0.1, 0.15) is 12.5 Å². The first-order valence-electron chi connectivity index (χ1n) is 4.37. The zero-order chi connectivity index (χ0) is 9.10.